The molecule has 30 heavy (non-hydrogen) atoms. The molecule has 0 aliphatic rings. The largest absolute Gasteiger partial charge is 0.478 e. The zero-order chi connectivity index (χ0) is 20.8. The van der Waals surface area contributed by atoms with Crippen LogP contribution >= 0.6 is 0 Å². The van der Waals surface area contributed by atoms with Crippen LogP contribution in [-0.4, -0.2) is 16.1 Å². The molecule has 5 nitrogen and oxygen atoms in total. The Morgan fingerprint density at radius 1 is 0.900 bits per heavy atom. The molecule has 2 N–H and O–H groups in total. The van der Waals surface area contributed by atoms with E-state index < -0.39 is 5.97 Å². The Hall–Kier alpha value is -4.12. The Kier molecular flexibility index (Phi) is 5.71. The molecule has 5 heteroatoms. The second-order valence-corrected chi connectivity index (χ2v) is 6.70. The third kappa shape index (κ3) is 4.64. The van der Waals surface area contributed by atoms with Crippen molar-refractivity contribution in [2.24, 2.45) is 0 Å². The molecule has 0 radical (unpaired) electrons. The third-order valence-corrected chi connectivity index (χ3v) is 4.58. The first-order valence-electron chi connectivity index (χ1n) is 9.53. The Bertz CT molecular complexity index is 1140. The summed E-state index contributed by atoms with van der Waals surface area (Å²) in [6.45, 7) is 0.539. The van der Waals surface area contributed by atoms with Crippen LogP contribution in [0.1, 0.15) is 15.9 Å². The van der Waals surface area contributed by atoms with Crippen molar-refractivity contribution in [2.45, 2.75) is 6.54 Å². The van der Waals surface area contributed by atoms with Crippen LogP contribution in [0, 0.1) is 0 Å². The van der Waals surface area contributed by atoms with E-state index in [0.29, 0.717) is 12.4 Å². The predicted octanol–water partition coefficient (Wildman–Crippen LogP) is 5.85. The predicted molar refractivity (Wildman–Crippen MR) is 117 cm³/mol. The molecular formula is C25H20N2O3. The van der Waals surface area contributed by atoms with Crippen LogP contribution in [0.4, 0.5) is 5.82 Å². The lowest BCUT2D eigenvalue weighted by Gasteiger charge is -2.13. The number of carboxylic acid groups (broad SMARTS) is 1. The smallest absolute Gasteiger partial charge is 0.337 e. The number of aromatic nitrogens is 1. The van der Waals surface area contributed by atoms with Crippen LogP contribution in [-0.2, 0) is 6.54 Å². The van der Waals surface area contributed by atoms with E-state index in [1.54, 1.807) is 6.07 Å². The highest BCUT2D eigenvalue weighted by atomic mass is 16.5. The van der Waals surface area contributed by atoms with Crippen LogP contribution in [0.25, 0.3) is 11.1 Å². The molecule has 4 aromatic rings. The number of hydrogen-bond acceptors (Lipinski definition) is 4. The number of hydrogen-bond donors (Lipinski definition) is 2. The van der Waals surface area contributed by atoms with Crippen molar-refractivity contribution in [1.29, 1.82) is 0 Å². The first-order valence-corrected chi connectivity index (χ1v) is 9.53. The zero-order valence-corrected chi connectivity index (χ0v) is 16.2. The molecule has 1 aromatic heterocycles. The first kappa shape index (κ1) is 19.2. The molecule has 1 heterocycles. The van der Waals surface area contributed by atoms with Gasteiger partial charge in [-0.05, 0) is 41.5 Å². The van der Waals surface area contributed by atoms with Crippen molar-refractivity contribution < 1.29 is 14.6 Å². The van der Waals surface area contributed by atoms with Gasteiger partial charge in [0.25, 0.3) is 0 Å². The van der Waals surface area contributed by atoms with E-state index in [2.05, 4.69) is 22.4 Å². The summed E-state index contributed by atoms with van der Waals surface area (Å²) in [5.74, 6) is 1.15. The zero-order valence-electron chi connectivity index (χ0n) is 16.2. The Morgan fingerprint density at radius 3 is 2.47 bits per heavy atom. The number of carboxylic acids is 1. The van der Waals surface area contributed by atoms with Gasteiger partial charge in [0.1, 0.15) is 17.3 Å². The molecule has 3 aromatic carbocycles. The van der Waals surface area contributed by atoms with Crippen molar-refractivity contribution in [3.8, 4) is 22.6 Å². The van der Waals surface area contributed by atoms with Gasteiger partial charge >= 0.3 is 5.97 Å². The highest BCUT2D eigenvalue weighted by molar-refractivity contribution is 5.87. The molecule has 0 aliphatic heterocycles. The lowest BCUT2D eigenvalue weighted by Crippen LogP contribution is -2.03. The van der Waals surface area contributed by atoms with Crippen LogP contribution in [0.15, 0.2) is 97.2 Å². The molecule has 148 valence electrons. The van der Waals surface area contributed by atoms with Crippen LogP contribution in [0.5, 0.6) is 11.5 Å². The quantitative estimate of drug-likeness (QED) is 0.410. The molecule has 0 aliphatic carbocycles. The number of carbonyl (C=O) groups is 1. The fraction of sp³-hybridized carbons (Fsp3) is 0.0400. The molecule has 0 saturated carbocycles. The fourth-order valence-corrected chi connectivity index (χ4v) is 3.08. The van der Waals surface area contributed by atoms with Crippen molar-refractivity contribution in [3.05, 3.63) is 108 Å². The number of ether oxygens (including phenoxy) is 1. The highest BCUT2D eigenvalue weighted by Gasteiger charge is 2.07. The third-order valence-electron chi connectivity index (χ3n) is 4.58. The highest BCUT2D eigenvalue weighted by Crippen LogP contribution is 2.33. The summed E-state index contributed by atoms with van der Waals surface area (Å²) >= 11 is 0. The average molecular weight is 396 g/mol. The first-order chi connectivity index (χ1) is 14.7. The number of rotatable bonds is 7. The van der Waals surface area contributed by atoms with Gasteiger partial charge in [-0.15, -0.1) is 0 Å². The summed E-state index contributed by atoms with van der Waals surface area (Å²) in [5.41, 5.74) is 3.31. The summed E-state index contributed by atoms with van der Waals surface area (Å²) in [4.78, 5) is 15.0. The average Bonchev–Trinajstić information content (AvgIpc) is 2.79. The molecule has 0 bridgehead atoms. The number of pyridine rings is 1. The van der Waals surface area contributed by atoms with E-state index >= 15 is 0 Å². The topological polar surface area (TPSA) is 71.5 Å². The van der Waals surface area contributed by atoms with Crippen LogP contribution in [0.3, 0.4) is 0 Å². The summed E-state index contributed by atoms with van der Waals surface area (Å²) in [6.07, 6.45) is 1.34. The van der Waals surface area contributed by atoms with E-state index in [0.717, 1.165) is 28.2 Å². The lowest BCUT2D eigenvalue weighted by molar-refractivity contribution is 0.0696. The molecule has 0 atom stereocenters. The molecule has 0 unspecified atom stereocenters. The number of anilines is 1. The maximum absolute atomic E-state index is 10.9. The number of nitrogens with zero attached hydrogens (tertiary/aromatic N) is 1. The molecule has 0 amide bonds. The molecular weight excluding hydrogens is 376 g/mol. The van der Waals surface area contributed by atoms with Gasteiger partial charge in [0.05, 0.1) is 5.56 Å². The summed E-state index contributed by atoms with van der Waals surface area (Å²) in [7, 11) is 0. The van der Waals surface area contributed by atoms with E-state index in [9.17, 15) is 4.79 Å². The molecule has 0 spiro atoms. The minimum atomic E-state index is -0.991. The van der Waals surface area contributed by atoms with Crippen molar-refractivity contribution in [2.75, 3.05) is 5.32 Å². The Morgan fingerprint density at radius 2 is 1.70 bits per heavy atom. The number of aromatic carboxylic acids is 1. The van der Waals surface area contributed by atoms with Gasteiger partial charge in [0.2, 0.25) is 0 Å². The van der Waals surface area contributed by atoms with Crippen LogP contribution < -0.4 is 10.1 Å². The van der Waals surface area contributed by atoms with E-state index in [4.69, 9.17) is 9.84 Å². The maximum Gasteiger partial charge on any atom is 0.337 e. The van der Waals surface area contributed by atoms with Crippen molar-refractivity contribution in [1.82, 2.24) is 4.98 Å². The van der Waals surface area contributed by atoms with E-state index in [1.165, 1.54) is 12.3 Å². The van der Waals surface area contributed by atoms with Gasteiger partial charge in [-0.25, -0.2) is 9.78 Å². The Balaban J connectivity index is 1.47. The summed E-state index contributed by atoms with van der Waals surface area (Å²) in [6, 6.07) is 29.1. The second kappa shape index (κ2) is 8.92. The van der Waals surface area contributed by atoms with Crippen LogP contribution in [0.2, 0.25) is 0 Å². The summed E-state index contributed by atoms with van der Waals surface area (Å²) in [5, 5.41) is 12.1. The second-order valence-electron chi connectivity index (χ2n) is 6.70. The van der Waals surface area contributed by atoms with Gasteiger partial charge in [-0.3, -0.25) is 0 Å². The van der Waals surface area contributed by atoms with Gasteiger partial charge < -0.3 is 15.2 Å². The number of nitrogens with one attached hydrogen (secondary N) is 1. The molecule has 0 fully saturated rings. The normalized spacial score (nSPS) is 10.4. The van der Waals surface area contributed by atoms with Gasteiger partial charge in [-0.1, -0.05) is 60.7 Å². The van der Waals surface area contributed by atoms with Gasteiger partial charge in [0.15, 0.2) is 0 Å². The van der Waals surface area contributed by atoms with Gasteiger partial charge in [-0.2, -0.15) is 0 Å². The van der Waals surface area contributed by atoms with Gasteiger partial charge in [0, 0.05) is 18.3 Å². The Labute approximate surface area is 174 Å². The molecule has 4 rings (SSSR count). The maximum atomic E-state index is 10.9. The van der Waals surface area contributed by atoms with E-state index in [-0.39, 0.29) is 5.56 Å². The monoisotopic (exact) mass is 396 g/mol. The van der Waals surface area contributed by atoms with E-state index in [1.807, 2.05) is 66.7 Å². The minimum Gasteiger partial charge on any atom is -0.478 e. The number of para-hydroxylation sites is 1. The van der Waals surface area contributed by atoms with Crippen molar-refractivity contribution >= 4 is 11.8 Å². The number of benzene rings is 3. The molecule has 0 saturated heterocycles. The minimum absolute atomic E-state index is 0.160. The SMILES string of the molecule is O=C(O)c1ccc(NCc2cccc(Oc3ccccc3-c3ccccc3)c2)nc1. The van der Waals surface area contributed by atoms with Crippen molar-refractivity contribution in [3.63, 3.8) is 0 Å². The standard InChI is InChI=1S/C25H20N2O3/c28-25(29)20-13-14-24(27-17-20)26-16-18-7-6-10-21(15-18)30-23-12-5-4-11-22(23)19-8-2-1-3-9-19/h1-15,17H,16H2,(H,26,27)(H,28,29). The fourth-order valence-electron chi connectivity index (χ4n) is 3.08. The lowest BCUT2D eigenvalue weighted by atomic mass is 10.0. The summed E-state index contributed by atoms with van der Waals surface area (Å²) < 4.78 is 6.19.